The number of piperazine rings is 1. The van der Waals surface area contributed by atoms with Crippen LogP contribution in [0.1, 0.15) is 10.4 Å². The van der Waals surface area contributed by atoms with Crippen LogP contribution in [0.5, 0.6) is 0 Å². The number of amides is 1. The van der Waals surface area contributed by atoms with Gasteiger partial charge in [0.2, 0.25) is 0 Å². The Morgan fingerprint density at radius 3 is 2.30 bits per heavy atom. The molecule has 2 aromatic rings. The third-order valence-corrected chi connectivity index (χ3v) is 4.67. The molecule has 120 valence electrons. The van der Waals surface area contributed by atoms with Crippen molar-refractivity contribution in [3.05, 3.63) is 63.9 Å². The zero-order valence-corrected chi connectivity index (χ0v) is 13.8. The average molecular weight is 353 g/mol. The van der Waals surface area contributed by atoms with E-state index in [-0.39, 0.29) is 11.7 Å². The van der Waals surface area contributed by atoms with Gasteiger partial charge in [-0.1, -0.05) is 35.3 Å². The molecule has 1 heterocycles. The molecule has 0 N–H and O–H groups in total. The summed E-state index contributed by atoms with van der Waals surface area (Å²) < 4.78 is 13.8. The minimum atomic E-state index is -0.239. The van der Waals surface area contributed by atoms with Crippen molar-refractivity contribution < 1.29 is 9.18 Å². The van der Waals surface area contributed by atoms with E-state index in [9.17, 15) is 9.18 Å². The largest absolute Gasteiger partial charge is 0.366 e. The van der Waals surface area contributed by atoms with Crippen LogP contribution >= 0.6 is 23.2 Å². The highest BCUT2D eigenvalue weighted by atomic mass is 35.5. The predicted octanol–water partition coefficient (Wildman–Crippen LogP) is 4.09. The Kier molecular flexibility index (Phi) is 4.74. The van der Waals surface area contributed by atoms with Crippen molar-refractivity contribution in [2.75, 3.05) is 31.1 Å². The van der Waals surface area contributed by atoms with Crippen LogP contribution in [-0.2, 0) is 0 Å². The Bertz CT molecular complexity index is 730. The quantitative estimate of drug-likeness (QED) is 0.812. The molecule has 0 atom stereocenters. The summed E-state index contributed by atoms with van der Waals surface area (Å²) in [6.45, 7) is 2.25. The second-order valence-electron chi connectivity index (χ2n) is 5.36. The number of benzene rings is 2. The number of para-hydroxylation sites is 1. The summed E-state index contributed by atoms with van der Waals surface area (Å²) in [6, 6.07) is 11.5. The van der Waals surface area contributed by atoms with Crippen LogP contribution in [0.15, 0.2) is 42.5 Å². The molecular weight excluding hydrogens is 338 g/mol. The van der Waals surface area contributed by atoms with Gasteiger partial charge in [0.25, 0.3) is 5.91 Å². The van der Waals surface area contributed by atoms with Gasteiger partial charge in [0.15, 0.2) is 0 Å². The van der Waals surface area contributed by atoms with E-state index in [0.29, 0.717) is 47.5 Å². The Balaban J connectivity index is 1.68. The van der Waals surface area contributed by atoms with E-state index in [1.807, 2.05) is 11.0 Å². The van der Waals surface area contributed by atoms with Gasteiger partial charge in [-0.25, -0.2) is 4.39 Å². The fourth-order valence-corrected chi connectivity index (χ4v) is 2.97. The Morgan fingerprint density at radius 2 is 1.65 bits per heavy atom. The van der Waals surface area contributed by atoms with Crippen molar-refractivity contribution in [3.8, 4) is 0 Å². The number of carbonyl (C=O) groups excluding carboxylic acids is 1. The lowest BCUT2D eigenvalue weighted by Crippen LogP contribution is -2.49. The molecule has 0 radical (unpaired) electrons. The second-order valence-corrected chi connectivity index (χ2v) is 6.17. The third-order valence-electron chi connectivity index (χ3n) is 3.93. The van der Waals surface area contributed by atoms with Crippen molar-refractivity contribution in [1.29, 1.82) is 0 Å². The first-order valence-electron chi connectivity index (χ1n) is 7.30. The molecule has 2 aromatic carbocycles. The second kappa shape index (κ2) is 6.77. The van der Waals surface area contributed by atoms with Gasteiger partial charge in [-0.15, -0.1) is 0 Å². The van der Waals surface area contributed by atoms with E-state index in [0.717, 1.165) is 0 Å². The van der Waals surface area contributed by atoms with Gasteiger partial charge in [-0.05, 0) is 30.3 Å². The first-order chi connectivity index (χ1) is 11.1. The monoisotopic (exact) mass is 352 g/mol. The summed E-state index contributed by atoms with van der Waals surface area (Å²) in [5.74, 6) is -0.325. The number of hydrogen-bond acceptors (Lipinski definition) is 2. The molecule has 1 aliphatic rings. The van der Waals surface area contributed by atoms with Crippen molar-refractivity contribution in [2.24, 2.45) is 0 Å². The lowest BCUT2D eigenvalue weighted by molar-refractivity contribution is 0.0746. The van der Waals surface area contributed by atoms with Crippen LogP contribution in [0.4, 0.5) is 10.1 Å². The number of anilines is 1. The molecule has 1 fully saturated rings. The molecule has 0 aromatic heterocycles. The molecule has 3 nitrogen and oxygen atoms in total. The topological polar surface area (TPSA) is 23.6 Å². The van der Waals surface area contributed by atoms with E-state index in [2.05, 4.69) is 0 Å². The third kappa shape index (κ3) is 3.43. The minimum Gasteiger partial charge on any atom is -0.366 e. The van der Waals surface area contributed by atoms with Gasteiger partial charge in [-0.3, -0.25) is 4.79 Å². The Morgan fingerprint density at radius 1 is 0.957 bits per heavy atom. The van der Waals surface area contributed by atoms with Crippen LogP contribution in [0.25, 0.3) is 0 Å². The van der Waals surface area contributed by atoms with Crippen LogP contribution in [0.3, 0.4) is 0 Å². The van der Waals surface area contributed by atoms with E-state index >= 15 is 0 Å². The molecular formula is C17H15Cl2FN2O. The first kappa shape index (κ1) is 16.1. The molecule has 0 saturated carbocycles. The number of halogens is 3. The van der Waals surface area contributed by atoms with Gasteiger partial charge in [0, 0.05) is 31.7 Å². The lowest BCUT2D eigenvalue weighted by Gasteiger charge is -2.36. The normalized spacial score (nSPS) is 14.9. The van der Waals surface area contributed by atoms with Gasteiger partial charge < -0.3 is 9.80 Å². The van der Waals surface area contributed by atoms with Crippen LogP contribution in [0, 0.1) is 5.82 Å². The summed E-state index contributed by atoms with van der Waals surface area (Å²) in [4.78, 5) is 16.2. The lowest BCUT2D eigenvalue weighted by atomic mass is 10.1. The summed E-state index contributed by atoms with van der Waals surface area (Å²) in [7, 11) is 0. The van der Waals surface area contributed by atoms with Crippen LogP contribution in [0.2, 0.25) is 10.0 Å². The van der Waals surface area contributed by atoms with E-state index in [1.165, 1.54) is 6.07 Å². The van der Waals surface area contributed by atoms with E-state index in [1.54, 1.807) is 35.2 Å². The van der Waals surface area contributed by atoms with Crippen molar-refractivity contribution in [3.63, 3.8) is 0 Å². The van der Waals surface area contributed by atoms with Gasteiger partial charge in [-0.2, -0.15) is 0 Å². The zero-order chi connectivity index (χ0) is 16.4. The number of nitrogens with zero attached hydrogens (tertiary/aromatic N) is 2. The molecule has 23 heavy (non-hydrogen) atoms. The highest BCUT2D eigenvalue weighted by Crippen LogP contribution is 2.24. The van der Waals surface area contributed by atoms with Gasteiger partial charge in [0.1, 0.15) is 5.82 Å². The summed E-state index contributed by atoms with van der Waals surface area (Å²) >= 11 is 11.8. The van der Waals surface area contributed by atoms with Gasteiger partial charge >= 0.3 is 0 Å². The van der Waals surface area contributed by atoms with E-state index in [4.69, 9.17) is 23.2 Å². The van der Waals surface area contributed by atoms with Crippen LogP contribution in [-0.4, -0.2) is 37.0 Å². The Labute approximate surface area is 144 Å². The maximum atomic E-state index is 13.8. The Hall–Kier alpha value is -1.78. The smallest absolute Gasteiger partial charge is 0.254 e. The molecule has 3 rings (SSSR count). The van der Waals surface area contributed by atoms with E-state index < -0.39 is 0 Å². The molecule has 1 aliphatic heterocycles. The molecule has 0 spiro atoms. The molecule has 1 saturated heterocycles. The standard InChI is InChI=1S/C17H15Cl2FN2O/c18-13-6-5-12(11-14(13)19)17(23)22-9-7-21(8-10-22)16-4-2-1-3-15(16)20/h1-6,11H,7-10H2. The maximum absolute atomic E-state index is 13.8. The first-order valence-corrected chi connectivity index (χ1v) is 8.05. The number of carbonyl (C=O) groups is 1. The highest BCUT2D eigenvalue weighted by Gasteiger charge is 2.23. The fourth-order valence-electron chi connectivity index (χ4n) is 2.67. The maximum Gasteiger partial charge on any atom is 0.254 e. The van der Waals surface area contributed by atoms with Crippen molar-refractivity contribution in [1.82, 2.24) is 4.90 Å². The highest BCUT2D eigenvalue weighted by molar-refractivity contribution is 6.42. The molecule has 0 aliphatic carbocycles. The summed E-state index contributed by atoms with van der Waals surface area (Å²) in [6.07, 6.45) is 0. The summed E-state index contributed by atoms with van der Waals surface area (Å²) in [5, 5.41) is 0.787. The summed E-state index contributed by atoms with van der Waals surface area (Å²) in [5.41, 5.74) is 1.09. The van der Waals surface area contributed by atoms with Crippen molar-refractivity contribution >= 4 is 34.8 Å². The van der Waals surface area contributed by atoms with Crippen molar-refractivity contribution in [2.45, 2.75) is 0 Å². The fraction of sp³-hybridized carbons (Fsp3) is 0.235. The number of hydrogen-bond donors (Lipinski definition) is 0. The van der Waals surface area contributed by atoms with Gasteiger partial charge in [0.05, 0.1) is 15.7 Å². The number of rotatable bonds is 2. The van der Waals surface area contributed by atoms with Crippen LogP contribution < -0.4 is 4.90 Å². The molecule has 6 heteroatoms. The molecule has 0 unspecified atom stereocenters. The molecule has 0 bridgehead atoms. The zero-order valence-electron chi connectivity index (χ0n) is 12.3. The minimum absolute atomic E-state index is 0.0863. The average Bonchev–Trinajstić information content (AvgIpc) is 2.57. The SMILES string of the molecule is O=C(c1ccc(Cl)c(Cl)c1)N1CCN(c2ccccc2F)CC1. The predicted molar refractivity (Wildman–Crippen MR) is 91.0 cm³/mol. The molecule has 1 amide bonds.